The molecule has 0 aromatic heterocycles. The van der Waals surface area contributed by atoms with Crippen LogP contribution in [0.15, 0.2) is 24.3 Å². The lowest BCUT2D eigenvalue weighted by atomic mass is 10.0. The average molecular weight is 292 g/mol. The van der Waals surface area contributed by atoms with Crippen LogP contribution in [0.25, 0.3) is 0 Å². The van der Waals surface area contributed by atoms with Crippen LogP contribution in [0.5, 0.6) is 5.75 Å². The second-order valence-electron chi connectivity index (χ2n) is 6.04. The molecule has 0 heterocycles. The van der Waals surface area contributed by atoms with Crippen molar-refractivity contribution in [3.05, 3.63) is 29.8 Å². The van der Waals surface area contributed by atoms with E-state index in [9.17, 15) is 4.79 Å². The van der Waals surface area contributed by atoms with Gasteiger partial charge < -0.3 is 15.8 Å². The Kier molecular flexibility index (Phi) is 7.23. The molecule has 0 aliphatic heterocycles. The summed E-state index contributed by atoms with van der Waals surface area (Å²) in [5.41, 5.74) is 6.60. The first kappa shape index (κ1) is 17.5. The molecule has 0 radical (unpaired) electrons. The second kappa shape index (κ2) is 8.67. The van der Waals surface area contributed by atoms with Crippen LogP contribution in [0.2, 0.25) is 0 Å². The Labute approximate surface area is 128 Å². The van der Waals surface area contributed by atoms with Crippen LogP contribution >= 0.6 is 0 Å². The number of carbonyl (C=O) groups excluding carboxylic acids is 1. The molecule has 0 atom stereocenters. The number of nitrogens with one attached hydrogen (secondary N) is 1. The van der Waals surface area contributed by atoms with E-state index < -0.39 is 0 Å². The molecule has 118 valence electrons. The molecule has 4 heteroatoms. The minimum absolute atomic E-state index is 0.0925. The smallest absolute Gasteiger partial charge is 0.220 e. The first-order valence-electron chi connectivity index (χ1n) is 7.61. The zero-order valence-electron chi connectivity index (χ0n) is 13.4. The van der Waals surface area contributed by atoms with E-state index in [4.69, 9.17) is 10.5 Å². The first-order valence-corrected chi connectivity index (χ1v) is 7.61. The molecule has 1 aromatic carbocycles. The third-order valence-electron chi connectivity index (χ3n) is 3.52. The van der Waals surface area contributed by atoms with Crippen molar-refractivity contribution in [1.82, 2.24) is 5.32 Å². The topological polar surface area (TPSA) is 64.3 Å². The van der Waals surface area contributed by atoms with Crippen LogP contribution in [-0.2, 0) is 11.2 Å². The van der Waals surface area contributed by atoms with Gasteiger partial charge in [-0.1, -0.05) is 18.6 Å². The van der Waals surface area contributed by atoms with Crippen molar-refractivity contribution in [1.29, 1.82) is 0 Å². The zero-order valence-corrected chi connectivity index (χ0v) is 13.4. The summed E-state index contributed by atoms with van der Waals surface area (Å²) in [4.78, 5) is 11.7. The Morgan fingerprint density at radius 1 is 1.19 bits per heavy atom. The van der Waals surface area contributed by atoms with Gasteiger partial charge in [0.15, 0.2) is 0 Å². The molecule has 0 bridgehead atoms. The van der Waals surface area contributed by atoms with Crippen molar-refractivity contribution in [3.8, 4) is 5.75 Å². The molecule has 4 nitrogen and oxygen atoms in total. The van der Waals surface area contributed by atoms with E-state index >= 15 is 0 Å². The average Bonchev–Trinajstić information content (AvgIpc) is 2.47. The number of rotatable bonds is 9. The molecule has 0 aliphatic carbocycles. The van der Waals surface area contributed by atoms with Crippen LogP contribution in [0, 0.1) is 0 Å². The van der Waals surface area contributed by atoms with E-state index in [1.807, 2.05) is 26.0 Å². The van der Waals surface area contributed by atoms with E-state index in [0.29, 0.717) is 13.0 Å². The zero-order chi connectivity index (χ0) is 15.7. The summed E-state index contributed by atoms with van der Waals surface area (Å²) in [7, 11) is 1.67. The lowest BCUT2D eigenvalue weighted by Gasteiger charge is -2.24. The third-order valence-corrected chi connectivity index (χ3v) is 3.52. The van der Waals surface area contributed by atoms with E-state index in [-0.39, 0.29) is 11.4 Å². The Morgan fingerprint density at radius 3 is 2.43 bits per heavy atom. The Balaban J connectivity index is 2.15. The third kappa shape index (κ3) is 7.14. The monoisotopic (exact) mass is 292 g/mol. The van der Waals surface area contributed by atoms with Crippen LogP contribution in [0.1, 0.15) is 45.1 Å². The summed E-state index contributed by atoms with van der Waals surface area (Å²) in [6.07, 6.45) is 4.69. The summed E-state index contributed by atoms with van der Waals surface area (Å²) in [5.74, 6) is 0.979. The van der Waals surface area contributed by atoms with E-state index in [0.717, 1.165) is 31.4 Å². The SMILES string of the molecule is COc1ccc(CCCCCC(=O)NC(C)(C)CN)cc1. The van der Waals surface area contributed by atoms with Gasteiger partial charge in [-0.2, -0.15) is 0 Å². The number of nitrogens with two attached hydrogens (primary N) is 1. The number of aryl methyl sites for hydroxylation is 1. The van der Waals surface area contributed by atoms with Crippen LogP contribution in [0.3, 0.4) is 0 Å². The molecule has 3 N–H and O–H groups in total. The summed E-state index contributed by atoms with van der Waals surface area (Å²) >= 11 is 0. The second-order valence-corrected chi connectivity index (χ2v) is 6.04. The van der Waals surface area contributed by atoms with Crippen molar-refractivity contribution in [2.24, 2.45) is 5.73 Å². The molecule has 1 aromatic rings. The lowest BCUT2D eigenvalue weighted by molar-refractivity contribution is -0.122. The minimum atomic E-state index is -0.305. The Bertz CT molecular complexity index is 427. The minimum Gasteiger partial charge on any atom is -0.497 e. The quantitative estimate of drug-likeness (QED) is 0.688. The molecule has 1 rings (SSSR count). The van der Waals surface area contributed by atoms with Crippen molar-refractivity contribution in [2.75, 3.05) is 13.7 Å². The molecule has 0 spiro atoms. The molecule has 0 saturated carbocycles. The van der Waals surface area contributed by atoms with Crippen molar-refractivity contribution in [3.63, 3.8) is 0 Å². The lowest BCUT2D eigenvalue weighted by Crippen LogP contribution is -2.48. The number of hydrogen-bond donors (Lipinski definition) is 2. The van der Waals surface area contributed by atoms with Gasteiger partial charge in [0.2, 0.25) is 5.91 Å². The van der Waals surface area contributed by atoms with Gasteiger partial charge >= 0.3 is 0 Å². The van der Waals surface area contributed by atoms with Gasteiger partial charge in [0.1, 0.15) is 5.75 Å². The fourth-order valence-corrected chi connectivity index (χ4v) is 2.07. The Morgan fingerprint density at radius 2 is 1.86 bits per heavy atom. The maximum atomic E-state index is 11.7. The molecular formula is C17H28N2O2. The fraction of sp³-hybridized carbons (Fsp3) is 0.588. The standard InChI is InChI=1S/C17H28N2O2/c1-17(2,13-18)19-16(20)8-6-4-5-7-14-9-11-15(21-3)12-10-14/h9-12H,4-8,13,18H2,1-3H3,(H,19,20). The van der Waals surface area contributed by atoms with Gasteiger partial charge in [-0.05, 0) is 50.8 Å². The molecule has 0 fully saturated rings. The molecule has 0 unspecified atom stereocenters. The van der Waals surface area contributed by atoms with Crippen LogP contribution in [0.4, 0.5) is 0 Å². The maximum Gasteiger partial charge on any atom is 0.220 e. The predicted octanol–water partition coefficient (Wildman–Crippen LogP) is 2.65. The van der Waals surface area contributed by atoms with Crippen LogP contribution in [-0.4, -0.2) is 25.1 Å². The van der Waals surface area contributed by atoms with Crippen LogP contribution < -0.4 is 15.8 Å². The van der Waals surface area contributed by atoms with Gasteiger partial charge in [0.05, 0.1) is 7.11 Å². The van der Waals surface area contributed by atoms with Crippen molar-refractivity contribution < 1.29 is 9.53 Å². The first-order chi connectivity index (χ1) is 9.96. The summed E-state index contributed by atoms with van der Waals surface area (Å²) in [6.45, 7) is 4.33. The number of ether oxygens (including phenoxy) is 1. The molecule has 1 amide bonds. The largest absolute Gasteiger partial charge is 0.497 e. The maximum absolute atomic E-state index is 11.7. The highest BCUT2D eigenvalue weighted by atomic mass is 16.5. The number of unbranched alkanes of at least 4 members (excludes halogenated alkanes) is 2. The van der Waals surface area contributed by atoms with Gasteiger partial charge in [-0.25, -0.2) is 0 Å². The summed E-state index contributed by atoms with van der Waals surface area (Å²) in [6, 6.07) is 8.15. The molecule has 21 heavy (non-hydrogen) atoms. The van der Waals surface area contributed by atoms with Gasteiger partial charge in [0.25, 0.3) is 0 Å². The molecular weight excluding hydrogens is 264 g/mol. The molecule has 0 aliphatic rings. The summed E-state index contributed by atoms with van der Waals surface area (Å²) < 4.78 is 5.13. The van der Waals surface area contributed by atoms with E-state index in [2.05, 4.69) is 17.4 Å². The van der Waals surface area contributed by atoms with Crippen molar-refractivity contribution >= 4 is 5.91 Å². The highest BCUT2D eigenvalue weighted by Gasteiger charge is 2.17. The molecule has 0 saturated heterocycles. The normalized spacial score (nSPS) is 11.2. The Hall–Kier alpha value is -1.55. The van der Waals surface area contributed by atoms with Gasteiger partial charge in [-0.15, -0.1) is 0 Å². The van der Waals surface area contributed by atoms with E-state index in [1.165, 1.54) is 5.56 Å². The van der Waals surface area contributed by atoms with Gasteiger partial charge in [-0.3, -0.25) is 4.79 Å². The number of methoxy groups -OCH3 is 1. The fourth-order valence-electron chi connectivity index (χ4n) is 2.07. The van der Waals surface area contributed by atoms with Gasteiger partial charge in [0, 0.05) is 18.5 Å². The number of amides is 1. The number of hydrogen-bond acceptors (Lipinski definition) is 3. The number of carbonyl (C=O) groups is 1. The van der Waals surface area contributed by atoms with Crippen molar-refractivity contribution in [2.45, 2.75) is 51.5 Å². The predicted molar refractivity (Wildman–Crippen MR) is 86.4 cm³/mol. The highest BCUT2D eigenvalue weighted by molar-refractivity contribution is 5.76. The number of benzene rings is 1. The van der Waals surface area contributed by atoms with E-state index in [1.54, 1.807) is 7.11 Å². The summed E-state index contributed by atoms with van der Waals surface area (Å²) in [5, 5.41) is 2.95. The highest BCUT2D eigenvalue weighted by Crippen LogP contribution is 2.14.